The van der Waals surface area contributed by atoms with Crippen LogP contribution in [0.15, 0.2) is 18.5 Å². The van der Waals surface area contributed by atoms with Crippen LogP contribution in [0.4, 0.5) is 8.78 Å². The zero-order valence-electron chi connectivity index (χ0n) is 11.4. The molecule has 20 heavy (non-hydrogen) atoms. The Morgan fingerprint density at radius 2 is 2.10 bits per heavy atom. The van der Waals surface area contributed by atoms with Crippen LogP contribution in [0.1, 0.15) is 17.0 Å². The molecule has 0 aliphatic carbocycles. The normalized spacial score (nSPS) is 10.8. The van der Waals surface area contributed by atoms with Gasteiger partial charge < -0.3 is 5.32 Å². The highest BCUT2D eigenvalue weighted by Crippen LogP contribution is 2.05. The van der Waals surface area contributed by atoms with E-state index in [-0.39, 0.29) is 19.0 Å². The lowest BCUT2D eigenvalue weighted by Gasteiger charge is -2.05. The summed E-state index contributed by atoms with van der Waals surface area (Å²) in [6, 6.07) is 1.74. The van der Waals surface area contributed by atoms with Crippen LogP contribution in [0.3, 0.4) is 0 Å². The SMILES string of the molecule is Cc1cnn(C)c1CNCc1ccn(CC(F)F)n1.Cl. The minimum Gasteiger partial charge on any atom is -0.305 e. The van der Waals surface area contributed by atoms with Gasteiger partial charge in [0.1, 0.15) is 6.54 Å². The molecule has 2 aromatic heterocycles. The van der Waals surface area contributed by atoms with Crippen LogP contribution in [-0.2, 0) is 26.7 Å². The van der Waals surface area contributed by atoms with E-state index in [0.717, 1.165) is 17.0 Å². The highest BCUT2D eigenvalue weighted by Gasteiger charge is 2.07. The number of aromatic nitrogens is 4. The van der Waals surface area contributed by atoms with Crippen LogP contribution in [0, 0.1) is 6.92 Å². The molecule has 0 unspecified atom stereocenters. The van der Waals surface area contributed by atoms with Crippen molar-refractivity contribution in [1.29, 1.82) is 0 Å². The first-order valence-corrected chi connectivity index (χ1v) is 6.05. The zero-order chi connectivity index (χ0) is 13.8. The average molecular weight is 306 g/mol. The summed E-state index contributed by atoms with van der Waals surface area (Å²) in [5.74, 6) is 0. The monoisotopic (exact) mass is 305 g/mol. The van der Waals surface area contributed by atoms with Crippen LogP contribution in [0.2, 0.25) is 0 Å². The Balaban J connectivity index is 0.00000200. The summed E-state index contributed by atoms with van der Waals surface area (Å²) in [4.78, 5) is 0. The van der Waals surface area contributed by atoms with E-state index < -0.39 is 6.43 Å². The molecule has 5 nitrogen and oxygen atoms in total. The lowest BCUT2D eigenvalue weighted by Crippen LogP contribution is -2.17. The molecule has 0 aliphatic rings. The first kappa shape index (κ1) is 16.6. The number of nitrogens with zero attached hydrogens (tertiary/aromatic N) is 4. The fourth-order valence-corrected chi connectivity index (χ4v) is 1.88. The van der Waals surface area contributed by atoms with Gasteiger partial charge in [0, 0.05) is 26.3 Å². The molecule has 0 spiro atoms. The molecule has 0 radical (unpaired) electrons. The molecule has 0 aromatic carbocycles. The van der Waals surface area contributed by atoms with Crippen molar-refractivity contribution < 1.29 is 8.78 Å². The van der Waals surface area contributed by atoms with E-state index in [9.17, 15) is 8.78 Å². The van der Waals surface area contributed by atoms with Gasteiger partial charge in [-0.2, -0.15) is 10.2 Å². The third kappa shape index (κ3) is 4.28. The summed E-state index contributed by atoms with van der Waals surface area (Å²) in [7, 11) is 1.89. The Morgan fingerprint density at radius 1 is 1.35 bits per heavy atom. The van der Waals surface area contributed by atoms with Crippen LogP contribution < -0.4 is 5.32 Å². The van der Waals surface area contributed by atoms with Gasteiger partial charge in [0.15, 0.2) is 0 Å². The lowest BCUT2D eigenvalue weighted by molar-refractivity contribution is 0.121. The largest absolute Gasteiger partial charge is 0.305 e. The third-order valence-electron chi connectivity index (χ3n) is 2.89. The fourth-order valence-electron chi connectivity index (χ4n) is 1.88. The van der Waals surface area contributed by atoms with Crippen molar-refractivity contribution in [3.8, 4) is 0 Å². The van der Waals surface area contributed by atoms with Gasteiger partial charge >= 0.3 is 0 Å². The molecule has 0 bridgehead atoms. The van der Waals surface area contributed by atoms with Crippen LogP contribution in [0.25, 0.3) is 0 Å². The summed E-state index contributed by atoms with van der Waals surface area (Å²) < 4.78 is 27.4. The second kappa shape index (κ2) is 7.35. The molecule has 112 valence electrons. The number of aryl methyl sites for hydroxylation is 2. The number of alkyl halides is 2. The quantitative estimate of drug-likeness (QED) is 0.887. The van der Waals surface area contributed by atoms with Crippen molar-refractivity contribution in [3.63, 3.8) is 0 Å². The van der Waals surface area contributed by atoms with E-state index in [1.165, 1.54) is 4.68 Å². The first-order valence-electron chi connectivity index (χ1n) is 6.05. The van der Waals surface area contributed by atoms with Crippen molar-refractivity contribution in [3.05, 3.63) is 35.4 Å². The maximum Gasteiger partial charge on any atom is 0.257 e. The minimum atomic E-state index is -2.38. The highest BCUT2D eigenvalue weighted by atomic mass is 35.5. The zero-order valence-corrected chi connectivity index (χ0v) is 12.2. The highest BCUT2D eigenvalue weighted by molar-refractivity contribution is 5.85. The molecule has 2 heterocycles. The number of nitrogens with one attached hydrogen (secondary N) is 1. The molecular formula is C12H18ClF2N5. The minimum absolute atomic E-state index is 0. The Labute approximate surface area is 122 Å². The van der Waals surface area contributed by atoms with E-state index >= 15 is 0 Å². The number of halogens is 3. The van der Waals surface area contributed by atoms with Crippen LogP contribution in [0.5, 0.6) is 0 Å². The van der Waals surface area contributed by atoms with Crippen molar-refractivity contribution in [1.82, 2.24) is 24.9 Å². The first-order chi connectivity index (χ1) is 9.06. The Morgan fingerprint density at radius 3 is 2.70 bits per heavy atom. The number of rotatable bonds is 6. The van der Waals surface area contributed by atoms with E-state index in [4.69, 9.17) is 0 Å². The van der Waals surface area contributed by atoms with E-state index in [0.29, 0.717) is 13.1 Å². The second-order valence-electron chi connectivity index (χ2n) is 4.42. The van der Waals surface area contributed by atoms with Gasteiger partial charge in [-0.15, -0.1) is 12.4 Å². The predicted octanol–water partition coefficient (Wildman–Crippen LogP) is 1.90. The van der Waals surface area contributed by atoms with Gasteiger partial charge in [-0.1, -0.05) is 0 Å². The van der Waals surface area contributed by atoms with Crippen molar-refractivity contribution >= 4 is 12.4 Å². The molecule has 0 atom stereocenters. The van der Waals surface area contributed by atoms with Crippen molar-refractivity contribution in [2.75, 3.05) is 0 Å². The van der Waals surface area contributed by atoms with Gasteiger partial charge in [-0.05, 0) is 18.6 Å². The topological polar surface area (TPSA) is 47.7 Å². The molecule has 2 rings (SSSR count). The Kier molecular flexibility index (Phi) is 6.09. The smallest absolute Gasteiger partial charge is 0.257 e. The maximum absolute atomic E-state index is 12.2. The van der Waals surface area contributed by atoms with Gasteiger partial charge in [-0.3, -0.25) is 9.36 Å². The van der Waals surface area contributed by atoms with Gasteiger partial charge in [0.05, 0.1) is 17.6 Å². The van der Waals surface area contributed by atoms with E-state index in [2.05, 4.69) is 15.5 Å². The fraction of sp³-hybridized carbons (Fsp3) is 0.500. The molecule has 8 heteroatoms. The predicted molar refractivity (Wildman–Crippen MR) is 74.0 cm³/mol. The molecular weight excluding hydrogens is 288 g/mol. The lowest BCUT2D eigenvalue weighted by atomic mass is 10.2. The van der Waals surface area contributed by atoms with Gasteiger partial charge in [0.25, 0.3) is 6.43 Å². The summed E-state index contributed by atoms with van der Waals surface area (Å²) in [6.45, 7) is 2.85. The van der Waals surface area contributed by atoms with Gasteiger partial charge in [0.2, 0.25) is 0 Å². The van der Waals surface area contributed by atoms with Gasteiger partial charge in [-0.25, -0.2) is 8.78 Å². The van der Waals surface area contributed by atoms with Crippen LogP contribution in [-0.4, -0.2) is 26.0 Å². The number of hydrogen-bond donors (Lipinski definition) is 1. The summed E-state index contributed by atoms with van der Waals surface area (Å²) in [5.41, 5.74) is 2.98. The summed E-state index contributed by atoms with van der Waals surface area (Å²) in [5, 5.41) is 11.4. The molecule has 0 saturated carbocycles. The van der Waals surface area contributed by atoms with Crippen molar-refractivity contribution in [2.24, 2.45) is 7.05 Å². The number of hydrogen-bond acceptors (Lipinski definition) is 3. The molecule has 2 aromatic rings. The van der Waals surface area contributed by atoms with E-state index in [1.54, 1.807) is 12.3 Å². The molecule has 0 fully saturated rings. The maximum atomic E-state index is 12.2. The Bertz CT molecular complexity index is 518. The van der Waals surface area contributed by atoms with E-state index in [1.807, 2.05) is 24.9 Å². The second-order valence-corrected chi connectivity index (χ2v) is 4.42. The third-order valence-corrected chi connectivity index (χ3v) is 2.89. The molecule has 1 N–H and O–H groups in total. The molecule has 0 amide bonds. The molecule has 0 saturated heterocycles. The van der Waals surface area contributed by atoms with Crippen molar-refractivity contribution in [2.45, 2.75) is 33.0 Å². The average Bonchev–Trinajstić information content (AvgIpc) is 2.89. The standard InChI is InChI=1S/C12H17F2N5.ClH/c1-9-5-16-18(2)11(9)7-15-6-10-3-4-19(17-10)8-12(13)14;/h3-5,12,15H,6-8H2,1-2H3;1H. The molecule has 0 aliphatic heterocycles. The summed E-state index contributed by atoms with van der Waals surface area (Å²) >= 11 is 0. The van der Waals surface area contributed by atoms with Crippen LogP contribution >= 0.6 is 12.4 Å². The summed E-state index contributed by atoms with van der Waals surface area (Å²) in [6.07, 6.45) is 1.00. The Hall–Kier alpha value is -1.47.